The lowest BCUT2D eigenvalue weighted by Gasteiger charge is -2.20. The maximum absolute atomic E-state index is 12.3. The van der Waals surface area contributed by atoms with Crippen molar-refractivity contribution in [2.24, 2.45) is 0 Å². The van der Waals surface area contributed by atoms with Crippen LogP contribution < -0.4 is 10.9 Å². The second kappa shape index (κ2) is 6.27. The van der Waals surface area contributed by atoms with E-state index in [1.54, 1.807) is 18.3 Å². The molecule has 0 saturated carbocycles. The smallest absolute Gasteiger partial charge is 0.275 e. The summed E-state index contributed by atoms with van der Waals surface area (Å²) in [4.78, 5) is 24.4. The molecule has 3 rings (SSSR count). The van der Waals surface area contributed by atoms with E-state index in [1.807, 2.05) is 19.1 Å². The molecule has 2 aromatic rings. The van der Waals surface area contributed by atoms with Gasteiger partial charge in [-0.1, -0.05) is 18.2 Å². The van der Waals surface area contributed by atoms with E-state index in [4.69, 9.17) is 4.74 Å². The largest absolute Gasteiger partial charge is 0.376 e. The van der Waals surface area contributed by atoms with Crippen LogP contribution in [-0.4, -0.2) is 34.4 Å². The zero-order chi connectivity index (χ0) is 15.5. The van der Waals surface area contributed by atoms with Gasteiger partial charge in [0.05, 0.1) is 23.7 Å². The minimum absolute atomic E-state index is 0.0604. The van der Waals surface area contributed by atoms with Gasteiger partial charge in [-0.3, -0.25) is 9.59 Å². The minimum atomic E-state index is -0.252. The zero-order valence-electron chi connectivity index (χ0n) is 12.5. The van der Waals surface area contributed by atoms with Crippen molar-refractivity contribution in [2.45, 2.75) is 38.5 Å². The standard InChI is InChI=1S/C16H19N3O3/c1-11(14-7-4-8-22-14)18-15(20)10-19-16(21)13-6-3-2-5-12(13)9-17-19/h2-3,5-6,9,11,14H,4,7-8,10H2,1H3,(H,18,20)/t11-,14+/m1/s1. The molecule has 1 aliphatic heterocycles. The van der Waals surface area contributed by atoms with Crippen LogP contribution in [0.5, 0.6) is 0 Å². The van der Waals surface area contributed by atoms with Gasteiger partial charge >= 0.3 is 0 Å². The molecule has 0 spiro atoms. The molecule has 1 aliphatic rings. The van der Waals surface area contributed by atoms with Gasteiger partial charge in [0.1, 0.15) is 6.54 Å². The molecule has 1 aromatic heterocycles. The molecular formula is C16H19N3O3. The van der Waals surface area contributed by atoms with Crippen LogP contribution in [-0.2, 0) is 16.1 Å². The van der Waals surface area contributed by atoms with Gasteiger partial charge in [0, 0.05) is 12.0 Å². The number of carbonyl (C=O) groups excluding carboxylic acids is 1. The van der Waals surface area contributed by atoms with E-state index in [0.717, 1.165) is 24.8 Å². The van der Waals surface area contributed by atoms with E-state index >= 15 is 0 Å². The lowest BCUT2D eigenvalue weighted by atomic mass is 10.1. The number of rotatable bonds is 4. The van der Waals surface area contributed by atoms with E-state index in [2.05, 4.69) is 10.4 Å². The van der Waals surface area contributed by atoms with Crippen LogP contribution in [0.3, 0.4) is 0 Å². The second-order valence-electron chi connectivity index (χ2n) is 5.60. The van der Waals surface area contributed by atoms with Gasteiger partial charge in [-0.05, 0) is 25.8 Å². The summed E-state index contributed by atoms with van der Waals surface area (Å²) < 4.78 is 6.74. The Labute approximate surface area is 128 Å². The average molecular weight is 301 g/mol. The highest BCUT2D eigenvalue weighted by Crippen LogP contribution is 2.15. The van der Waals surface area contributed by atoms with Crippen molar-refractivity contribution in [2.75, 3.05) is 6.61 Å². The molecular weight excluding hydrogens is 282 g/mol. The van der Waals surface area contributed by atoms with Gasteiger partial charge in [0.15, 0.2) is 0 Å². The van der Waals surface area contributed by atoms with Crippen LogP contribution in [0.4, 0.5) is 0 Å². The van der Waals surface area contributed by atoms with E-state index < -0.39 is 0 Å². The Bertz CT molecular complexity index is 735. The first-order valence-corrected chi connectivity index (χ1v) is 7.51. The zero-order valence-corrected chi connectivity index (χ0v) is 12.5. The van der Waals surface area contributed by atoms with E-state index in [1.165, 1.54) is 4.68 Å². The number of hydrogen-bond donors (Lipinski definition) is 1. The van der Waals surface area contributed by atoms with Crippen molar-refractivity contribution in [3.8, 4) is 0 Å². The third kappa shape index (κ3) is 3.01. The van der Waals surface area contributed by atoms with Crippen LogP contribution in [0.15, 0.2) is 35.3 Å². The molecule has 1 saturated heterocycles. The summed E-state index contributed by atoms with van der Waals surface area (Å²) in [6, 6.07) is 7.15. The topological polar surface area (TPSA) is 73.2 Å². The van der Waals surface area contributed by atoms with Crippen molar-refractivity contribution in [1.82, 2.24) is 15.1 Å². The molecule has 0 aliphatic carbocycles. The Balaban J connectivity index is 1.71. The summed E-state index contributed by atoms with van der Waals surface area (Å²) in [5.41, 5.74) is -0.252. The van der Waals surface area contributed by atoms with Crippen LogP contribution in [0.25, 0.3) is 10.8 Å². The molecule has 0 unspecified atom stereocenters. The molecule has 6 heteroatoms. The van der Waals surface area contributed by atoms with Gasteiger partial charge in [-0.15, -0.1) is 0 Å². The number of benzene rings is 1. The Kier molecular flexibility index (Phi) is 4.20. The summed E-state index contributed by atoms with van der Waals surface area (Å²) in [6.07, 6.45) is 3.64. The summed E-state index contributed by atoms with van der Waals surface area (Å²) in [6.45, 7) is 2.59. The van der Waals surface area contributed by atoms with Gasteiger partial charge in [0.2, 0.25) is 5.91 Å². The normalized spacial score (nSPS) is 19.2. The fraction of sp³-hybridized carbons (Fsp3) is 0.438. The second-order valence-corrected chi connectivity index (χ2v) is 5.60. The van der Waals surface area contributed by atoms with Crippen molar-refractivity contribution in [1.29, 1.82) is 0 Å². The number of amides is 1. The van der Waals surface area contributed by atoms with Crippen LogP contribution in [0, 0.1) is 0 Å². The first kappa shape index (κ1) is 14.7. The quantitative estimate of drug-likeness (QED) is 0.917. The third-order valence-corrected chi connectivity index (χ3v) is 3.97. The number of nitrogens with zero attached hydrogens (tertiary/aromatic N) is 2. The van der Waals surface area contributed by atoms with Gasteiger partial charge in [0.25, 0.3) is 5.56 Å². The number of ether oxygens (including phenoxy) is 1. The van der Waals surface area contributed by atoms with Crippen molar-refractivity contribution >= 4 is 16.7 Å². The van der Waals surface area contributed by atoms with Crippen molar-refractivity contribution < 1.29 is 9.53 Å². The van der Waals surface area contributed by atoms with Gasteiger partial charge in [-0.2, -0.15) is 5.10 Å². The monoisotopic (exact) mass is 301 g/mol. The number of nitrogens with one attached hydrogen (secondary N) is 1. The van der Waals surface area contributed by atoms with Crippen LogP contribution in [0.2, 0.25) is 0 Å². The van der Waals surface area contributed by atoms with Crippen LogP contribution >= 0.6 is 0 Å². The summed E-state index contributed by atoms with van der Waals surface area (Å²) >= 11 is 0. The molecule has 1 N–H and O–H groups in total. The highest BCUT2D eigenvalue weighted by atomic mass is 16.5. The number of fused-ring (bicyclic) bond motifs is 1. The van der Waals surface area contributed by atoms with E-state index in [0.29, 0.717) is 5.39 Å². The third-order valence-electron chi connectivity index (χ3n) is 3.97. The highest BCUT2D eigenvalue weighted by molar-refractivity contribution is 5.81. The highest BCUT2D eigenvalue weighted by Gasteiger charge is 2.23. The van der Waals surface area contributed by atoms with Crippen molar-refractivity contribution in [3.05, 3.63) is 40.8 Å². The molecule has 1 aromatic carbocycles. The number of hydrogen-bond acceptors (Lipinski definition) is 4. The number of carbonyl (C=O) groups is 1. The Morgan fingerprint density at radius 2 is 2.32 bits per heavy atom. The molecule has 2 atom stereocenters. The minimum Gasteiger partial charge on any atom is -0.376 e. The Morgan fingerprint density at radius 3 is 3.09 bits per heavy atom. The Hall–Kier alpha value is -2.21. The molecule has 0 bridgehead atoms. The molecule has 116 valence electrons. The number of aromatic nitrogens is 2. The lowest BCUT2D eigenvalue weighted by molar-refractivity contribution is -0.123. The predicted octanol–water partition coefficient (Wildman–Crippen LogP) is 1.08. The predicted molar refractivity (Wildman–Crippen MR) is 82.6 cm³/mol. The van der Waals surface area contributed by atoms with Gasteiger partial charge < -0.3 is 10.1 Å². The van der Waals surface area contributed by atoms with Crippen LogP contribution in [0.1, 0.15) is 19.8 Å². The molecule has 2 heterocycles. The fourth-order valence-corrected chi connectivity index (χ4v) is 2.77. The summed E-state index contributed by atoms with van der Waals surface area (Å²) in [5, 5.41) is 8.29. The average Bonchev–Trinajstić information content (AvgIpc) is 3.05. The molecule has 1 amide bonds. The van der Waals surface area contributed by atoms with Gasteiger partial charge in [-0.25, -0.2) is 4.68 Å². The van der Waals surface area contributed by atoms with E-state index in [9.17, 15) is 9.59 Å². The maximum atomic E-state index is 12.3. The van der Waals surface area contributed by atoms with Crippen molar-refractivity contribution in [3.63, 3.8) is 0 Å². The molecule has 6 nitrogen and oxygen atoms in total. The Morgan fingerprint density at radius 1 is 1.50 bits per heavy atom. The maximum Gasteiger partial charge on any atom is 0.275 e. The molecule has 0 radical (unpaired) electrons. The lowest BCUT2D eigenvalue weighted by Crippen LogP contribution is -2.43. The summed E-state index contributed by atoms with van der Waals surface area (Å²) in [5.74, 6) is -0.229. The SMILES string of the molecule is C[C@@H](NC(=O)Cn1ncc2ccccc2c1=O)[C@@H]1CCCO1. The van der Waals surface area contributed by atoms with E-state index in [-0.39, 0.29) is 30.2 Å². The molecule has 1 fully saturated rings. The fourth-order valence-electron chi connectivity index (χ4n) is 2.77. The first-order chi connectivity index (χ1) is 10.6. The first-order valence-electron chi connectivity index (χ1n) is 7.51. The summed E-state index contributed by atoms with van der Waals surface area (Å²) in [7, 11) is 0. The molecule has 22 heavy (non-hydrogen) atoms.